The molecule has 0 spiro atoms. The molecule has 0 saturated carbocycles. The Bertz CT molecular complexity index is 859. The highest BCUT2D eigenvalue weighted by atomic mass is 32.2. The van der Waals surface area contributed by atoms with Crippen LogP contribution in [0.25, 0.3) is 0 Å². The maximum Gasteiger partial charge on any atom is 0.335 e. The van der Waals surface area contributed by atoms with Gasteiger partial charge in [-0.2, -0.15) is 0 Å². The van der Waals surface area contributed by atoms with Crippen molar-refractivity contribution in [3.63, 3.8) is 0 Å². The van der Waals surface area contributed by atoms with Gasteiger partial charge in [0.15, 0.2) is 0 Å². The standard InChI is InChI=1S/C17H17NO5S/c19-17(20)13-4-6-15(7-5-13)24(21,22)18-11-12-3-8-16-14(10-12)2-1-9-23-16/h3-8,10,18H,1-2,9,11H2,(H,19,20). The Labute approximate surface area is 140 Å². The topological polar surface area (TPSA) is 92.7 Å². The van der Waals surface area contributed by atoms with Gasteiger partial charge in [0.05, 0.1) is 17.1 Å². The molecule has 0 bridgehead atoms. The summed E-state index contributed by atoms with van der Waals surface area (Å²) < 4.78 is 32.7. The van der Waals surface area contributed by atoms with Gasteiger partial charge in [-0.3, -0.25) is 0 Å². The fraction of sp³-hybridized carbons (Fsp3) is 0.235. The third-order valence-electron chi connectivity index (χ3n) is 3.85. The number of nitrogens with one attached hydrogen (secondary N) is 1. The number of aryl methyl sites for hydroxylation is 1. The van der Waals surface area contributed by atoms with Crippen molar-refractivity contribution in [3.8, 4) is 5.75 Å². The molecule has 1 heterocycles. The lowest BCUT2D eigenvalue weighted by Gasteiger charge is -2.18. The Morgan fingerprint density at radius 3 is 2.62 bits per heavy atom. The van der Waals surface area contributed by atoms with E-state index in [0.29, 0.717) is 6.61 Å². The van der Waals surface area contributed by atoms with Crippen molar-refractivity contribution in [3.05, 3.63) is 59.2 Å². The molecule has 2 aromatic rings. The van der Waals surface area contributed by atoms with Gasteiger partial charge in [0.1, 0.15) is 5.75 Å². The normalized spacial score (nSPS) is 13.8. The van der Waals surface area contributed by atoms with Crippen LogP contribution in [-0.4, -0.2) is 26.1 Å². The fourth-order valence-corrected chi connectivity index (χ4v) is 3.58. The van der Waals surface area contributed by atoms with Crippen molar-refractivity contribution < 1.29 is 23.1 Å². The summed E-state index contributed by atoms with van der Waals surface area (Å²) in [5.74, 6) is -0.236. The molecule has 24 heavy (non-hydrogen) atoms. The van der Waals surface area contributed by atoms with E-state index in [1.165, 1.54) is 24.3 Å². The van der Waals surface area contributed by atoms with Gasteiger partial charge in [-0.05, 0) is 54.3 Å². The van der Waals surface area contributed by atoms with Gasteiger partial charge < -0.3 is 9.84 Å². The molecule has 6 nitrogen and oxygen atoms in total. The van der Waals surface area contributed by atoms with Crippen LogP contribution in [0.2, 0.25) is 0 Å². The van der Waals surface area contributed by atoms with Crippen molar-refractivity contribution in [2.45, 2.75) is 24.3 Å². The molecule has 2 aromatic carbocycles. The van der Waals surface area contributed by atoms with Crippen LogP contribution in [0.4, 0.5) is 0 Å². The van der Waals surface area contributed by atoms with E-state index >= 15 is 0 Å². The molecule has 0 amide bonds. The lowest BCUT2D eigenvalue weighted by molar-refractivity contribution is 0.0696. The van der Waals surface area contributed by atoms with E-state index < -0.39 is 16.0 Å². The minimum absolute atomic E-state index is 0.0359. The Hall–Kier alpha value is -2.38. The Kier molecular flexibility index (Phi) is 4.55. The highest BCUT2D eigenvalue weighted by Crippen LogP contribution is 2.25. The zero-order valence-electron chi connectivity index (χ0n) is 12.9. The smallest absolute Gasteiger partial charge is 0.335 e. The summed E-state index contributed by atoms with van der Waals surface area (Å²) in [5.41, 5.74) is 1.98. The lowest BCUT2D eigenvalue weighted by Crippen LogP contribution is -2.23. The number of hydrogen-bond acceptors (Lipinski definition) is 4. The number of aromatic carboxylic acids is 1. The lowest BCUT2D eigenvalue weighted by atomic mass is 10.0. The molecule has 126 valence electrons. The van der Waals surface area contributed by atoms with E-state index in [9.17, 15) is 13.2 Å². The molecule has 3 rings (SSSR count). The van der Waals surface area contributed by atoms with Gasteiger partial charge in [0.25, 0.3) is 0 Å². The summed E-state index contributed by atoms with van der Waals surface area (Å²) in [7, 11) is -3.70. The van der Waals surface area contributed by atoms with Crippen LogP contribution in [0.15, 0.2) is 47.4 Å². The first-order chi connectivity index (χ1) is 11.5. The van der Waals surface area contributed by atoms with Crippen LogP contribution >= 0.6 is 0 Å². The summed E-state index contributed by atoms with van der Waals surface area (Å²) in [6, 6.07) is 10.8. The summed E-state index contributed by atoms with van der Waals surface area (Å²) >= 11 is 0. The van der Waals surface area contributed by atoms with E-state index in [1.807, 2.05) is 18.2 Å². The summed E-state index contributed by atoms with van der Waals surface area (Å²) in [5, 5.41) is 8.85. The maximum absolute atomic E-state index is 12.3. The number of rotatable bonds is 5. The van der Waals surface area contributed by atoms with Gasteiger partial charge in [0, 0.05) is 6.54 Å². The van der Waals surface area contributed by atoms with Crippen LogP contribution in [0.1, 0.15) is 27.9 Å². The second-order valence-corrected chi connectivity index (χ2v) is 7.32. The van der Waals surface area contributed by atoms with Crippen LogP contribution < -0.4 is 9.46 Å². The molecular formula is C17H17NO5S. The Morgan fingerprint density at radius 1 is 1.17 bits per heavy atom. The predicted molar refractivity (Wildman–Crippen MR) is 87.7 cm³/mol. The van der Waals surface area contributed by atoms with E-state index in [2.05, 4.69) is 4.72 Å². The van der Waals surface area contributed by atoms with Gasteiger partial charge in [-0.1, -0.05) is 12.1 Å². The van der Waals surface area contributed by atoms with Crippen LogP contribution in [0.5, 0.6) is 5.75 Å². The molecule has 7 heteroatoms. The van der Waals surface area contributed by atoms with Crippen molar-refractivity contribution in [1.29, 1.82) is 0 Å². The van der Waals surface area contributed by atoms with Crippen molar-refractivity contribution in [2.75, 3.05) is 6.61 Å². The minimum atomic E-state index is -3.70. The Balaban J connectivity index is 1.72. The highest BCUT2D eigenvalue weighted by molar-refractivity contribution is 7.89. The predicted octanol–water partition coefficient (Wildman–Crippen LogP) is 2.19. The number of carbonyl (C=O) groups is 1. The van der Waals surface area contributed by atoms with Gasteiger partial charge in [-0.15, -0.1) is 0 Å². The molecule has 0 aliphatic carbocycles. The monoisotopic (exact) mass is 347 g/mol. The molecule has 0 unspecified atom stereocenters. The third kappa shape index (κ3) is 3.58. The second-order valence-electron chi connectivity index (χ2n) is 5.55. The van der Waals surface area contributed by atoms with E-state index in [0.717, 1.165) is 29.7 Å². The number of carboxylic acid groups (broad SMARTS) is 1. The number of hydrogen-bond donors (Lipinski definition) is 2. The summed E-state index contributed by atoms with van der Waals surface area (Å²) in [6.45, 7) is 0.877. The van der Waals surface area contributed by atoms with Gasteiger partial charge in [0.2, 0.25) is 10.0 Å². The van der Waals surface area contributed by atoms with Crippen molar-refractivity contribution in [1.82, 2.24) is 4.72 Å². The Morgan fingerprint density at radius 2 is 1.92 bits per heavy atom. The number of carboxylic acids is 1. The van der Waals surface area contributed by atoms with E-state index in [4.69, 9.17) is 9.84 Å². The molecule has 1 aliphatic heterocycles. The number of sulfonamides is 1. The maximum atomic E-state index is 12.3. The zero-order chi connectivity index (χ0) is 17.2. The number of fused-ring (bicyclic) bond motifs is 1. The van der Waals surface area contributed by atoms with Gasteiger partial charge in [-0.25, -0.2) is 17.9 Å². The number of ether oxygens (including phenoxy) is 1. The largest absolute Gasteiger partial charge is 0.493 e. The first-order valence-electron chi connectivity index (χ1n) is 7.53. The van der Waals surface area contributed by atoms with Crippen LogP contribution in [-0.2, 0) is 23.0 Å². The quantitative estimate of drug-likeness (QED) is 0.865. The van der Waals surface area contributed by atoms with E-state index in [1.54, 1.807) is 0 Å². The fourth-order valence-electron chi connectivity index (χ4n) is 2.56. The van der Waals surface area contributed by atoms with Gasteiger partial charge >= 0.3 is 5.97 Å². The summed E-state index contributed by atoms with van der Waals surface area (Å²) in [4.78, 5) is 10.9. The first-order valence-corrected chi connectivity index (χ1v) is 9.02. The SMILES string of the molecule is O=C(O)c1ccc(S(=O)(=O)NCc2ccc3c(c2)CCCO3)cc1. The average molecular weight is 347 g/mol. The number of benzene rings is 2. The van der Waals surface area contributed by atoms with E-state index in [-0.39, 0.29) is 17.0 Å². The molecule has 0 aromatic heterocycles. The average Bonchev–Trinajstić information content (AvgIpc) is 2.60. The molecule has 2 N–H and O–H groups in total. The van der Waals surface area contributed by atoms with Crippen LogP contribution in [0.3, 0.4) is 0 Å². The first kappa shape index (κ1) is 16.5. The van der Waals surface area contributed by atoms with Crippen molar-refractivity contribution in [2.24, 2.45) is 0 Å². The molecule has 0 radical (unpaired) electrons. The highest BCUT2D eigenvalue weighted by Gasteiger charge is 2.16. The van der Waals surface area contributed by atoms with Crippen molar-refractivity contribution >= 4 is 16.0 Å². The third-order valence-corrected chi connectivity index (χ3v) is 5.27. The second kappa shape index (κ2) is 6.62. The summed E-state index contributed by atoms with van der Waals surface area (Å²) in [6.07, 6.45) is 1.88. The molecule has 1 aliphatic rings. The minimum Gasteiger partial charge on any atom is -0.493 e. The molecule has 0 saturated heterocycles. The van der Waals surface area contributed by atoms with Crippen LogP contribution in [0, 0.1) is 0 Å². The molecular weight excluding hydrogens is 330 g/mol. The molecule has 0 atom stereocenters. The molecule has 0 fully saturated rings. The zero-order valence-corrected chi connectivity index (χ0v) is 13.7.